The molecule has 0 saturated heterocycles. The smallest absolute Gasteiger partial charge is 0.307 e. The molecule has 0 spiro atoms. The summed E-state index contributed by atoms with van der Waals surface area (Å²) in [6.45, 7) is 3.33. The maximum atomic E-state index is 13.0. The van der Waals surface area contributed by atoms with E-state index < -0.39 is 11.9 Å². The summed E-state index contributed by atoms with van der Waals surface area (Å²) in [6.07, 6.45) is 0. The molecule has 1 heterocycles. The highest BCUT2D eigenvalue weighted by atomic mass is 32.2. The number of carboxylic acids is 1. The van der Waals surface area contributed by atoms with Gasteiger partial charge >= 0.3 is 5.97 Å². The van der Waals surface area contributed by atoms with Crippen molar-refractivity contribution < 1.29 is 18.8 Å². The molecule has 21 heavy (non-hydrogen) atoms. The molecule has 7 heteroatoms. The third-order valence-electron chi connectivity index (χ3n) is 3.18. The average Bonchev–Trinajstić information content (AvgIpc) is 2.92. The number of hydrogen-bond acceptors (Lipinski definition) is 5. The van der Waals surface area contributed by atoms with Crippen LogP contribution >= 0.6 is 11.8 Å². The Kier molecular flexibility index (Phi) is 4.95. The van der Waals surface area contributed by atoms with Gasteiger partial charge in [0.05, 0.1) is 11.7 Å². The molecule has 112 valence electrons. The Morgan fingerprint density at radius 1 is 1.48 bits per heavy atom. The van der Waals surface area contributed by atoms with E-state index in [0.29, 0.717) is 17.5 Å². The predicted molar refractivity (Wildman–Crippen MR) is 75.5 cm³/mol. The number of rotatable bonds is 6. The fourth-order valence-corrected chi connectivity index (χ4v) is 2.43. The van der Waals surface area contributed by atoms with Gasteiger partial charge in [0.2, 0.25) is 5.89 Å². The van der Waals surface area contributed by atoms with Crippen LogP contribution in [0.4, 0.5) is 4.39 Å². The second kappa shape index (κ2) is 6.71. The summed E-state index contributed by atoms with van der Waals surface area (Å²) in [6, 6.07) is 6.24. The van der Waals surface area contributed by atoms with Crippen molar-refractivity contribution in [1.29, 1.82) is 0 Å². The normalized spacial score (nSPS) is 13.9. The van der Waals surface area contributed by atoms with Crippen molar-refractivity contribution in [3.8, 4) is 0 Å². The Bertz CT molecular complexity index is 632. The molecule has 1 N–H and O–H groups in total. The number of halogens is 1. The lowest BCUT2D eigenvalue weighted by Gasteiger charge is -2.10. The van der Waals surface area contributed by atoms with Crippen LogP contribution < -0.4 is 0 Å². The van der Waals surface area contributed by atoms with Gasteiger partial charge in [-0.3, -0.25) is 4.79 Å². The molecule has 1 aromatic heterocycles. The molecule has 2 atom stereocenters. The van der Waals surface area contributed by atoms with Gasteiger partial charge in [0.25, 0.3) is 0 Å². The standard InChI is InChI=1S/C14H15FN2O3S/c1-8(9(2)14(18)19)13-16-12(17-20-13)7-21-11-5-3-4-10(15)6-11/h3-6,8-9H,7H2,1-2H3,(H,18,19). The second-order valence-electron chi connectivity index (χ2n) is 4.71. The highest BCUT2D eigenvalue weighted by Gasteiger charge is 2.25. The minimum Gasteiger partial charge on any atom is -0.481 e. The zero-order valence-electron chi connectivity index (χ0n) is 11.6. The van der Waals surface area contributed by atoms with Crippen LogP contribution in [0.1, 0.15) is 31.5 Å². The van der Waals surface area contributed by atoms with Gasteiger partial charge in [0, 0.05) is 10.8 Å². The zero-order chi connectivity index (χ0) is 15.4. The molecule has 2 rings (SSSR count). The van der Waals surface area contributed by atoms with E-state index in [-0.39, 0.29) is 11.7 Å². The minimum absolute atomic E-state index is 0.294. The molecule has 0 saturated carbocycles. The van der Waals surface area contributed by atoms with Crippen molar-refractivity contribution in [2.75, 3.05) is 0 Å². The van der Waals surface area contributed by atoms with Gasteiger partial charge in [-0.05, 0) is 18.2 Å². The number of benzene rings is 1. The van der Waals surface area contributed by atoms with Gasteiger partial charge < -0.3 is 9.63 Å². The number of nitrogens with zero attached hydrogens (tertiary/aromatic N) is 2. The van der Waals surface area contributed by atoms with Crippen LogP contribution in [0.2, 0.25) is 0 Å². The van der Waals surface area contributed by atoms with Gasteiger partial charge in [0.15, 0.2) is 5.82 Å². The van der Waals surface area contributed by atoms with Crippen LogP contribution in [0.15, 0.2) is 33.7 Å². The van der Waals surface area contributed by atoms with Crippen LogP contribution in [0, 0.1) is 11.7 Å². The molecule has 2 unspecified atom stereocenters. The summed E-state index contributed by atoms with van der Waals surface area (Å²) in [4.78, 5) is 15.9. The Morgan fingerprint density at radius 2 is 2.24 bits per heavy atom. The van der Waals surface area contributed by atoms with Crippen LogP contribution in [0.25, 0.3) is 0 Å². The van der Waals surface area contributed by atoms with Gasteiger partial charge in [-0.2, -0.15) is 4.98 Å². The summed E-state index contributed by atoms with van der Waals surface area (Å²) in [5.74, 6) is -0.962. The largest absolute Gasteiger partial charge is 0.481 e. The Labute approximate surface area is 125 Å². The Balaban J connectivity index is 1.98. The Hall–Kier alpha value is -1.89. The highest BCUT2D eigenvalue weighted by molar-refractivity contribution is 7.98. The van der Waals surface area contributed by atoms with E-state index in [1.165, 1.54) is 23.9 Å². The molecule has 0 bridgehead atoms. The van der Waals surface area contributed by atoms with Gasteiger partial charge in [-0.25, -0.2) is 4.39 Å². The molecule has 2 aromatic rings. The molecule has 0 amide bonds. The number of thioether (sulfide) groups is 1. The van der Waals surface area contributed by atoms with Crippen molar-refractivity contribution >= 4 is 17.7 Å². The minimum atomic E-state index is -0.906. The molecule has 5 nitrogen and oxygen atoms in total. The van der Waals surface area contributed by atoms with Crippen molar-refractivity contribution in [2.24, 2.45) is 5.92 Å². The lowest BCUT2D eigenvalue weighted by molar-refractivity contribution is -0.141. The fourth-order valence-electron chi connectivity index (χ4n) is 1.64. The van der Waals surface area contributed by atoms with E-state index in [9.17, 15) is 9.18 Å². The summed E-state index contributed by atoms with van der Waals surface area (Å²) >= 11 is 1.39. The first-order chi connectivity index (χ1) is 9.97. The number of carboxylic acid groups (broad SMARTS) is 1. The number of carbonyl (C=O) groups is 1. The molecule has 0 radical (unpaired) electrons. The molecular formula is C14H15FN2O3S. The molecular weight excluding hydrogens is 295 g/mol. The van der Waals surface area contributed by atoms with Gasteiger partial charge in [-0.1, -0.05) is 25.1 Å². The summed E-state index contributed by atoms with van der Waals surface area (Å²) in [5, 5.41) is 12.8. The van der Waals surface area contributed by atoms with Crippen LogP contribution in [-0.4, -0.2) is 21.2 Å². The van der Waals surface area contributed by atoms with Crippen molar-refractivity contribution in [3.05, 3.63) is 41.8 Å². The van der Waals surface area contributed by atoms with E-state index in [4.69, 9.17) is 9.63 Å². The quantitative estimate of drug-likeness (QED) is 0.825. The lowest BCUT2D eigenvalue weighted by atomic mass is 9.96. The average molecular weight is 310 g/mol. The molecule has 0 aliphatic carbocycles. The van der Waals surface area contributed by atoms with Crippen molar-refractivity contribution in [2.45, 2.75) is 30.4 Å². The summed E-state index contributed by atoms with van der Waals surface area (Å²) in [5.41, 5.74) is 0. The van der Waals surface area contributed by atoms with Crippen LogP contribution in [0.3, 0.4) is 0 Å². The van der Waals surface area contributed by atoms with Crippen molar-refractivity contribution in [1.82, 2.24) is 10.1 Å². The number of aromatic nitrogens is 2. The molecule has 1 aromatic carbocycles. The lowest BCUT2D eigenvalue weighted by Crippen LogP contribution is -2.16. The van der Waals surface area contributed by atoms with Crippen LogP contribution in [-0.2, 0) is 10.5 Å². The molecule has 0 aliphatic rings. The summed E-state index contributed by atoms with van der Waals surface area (Å²) < 4.78 is 18.1. The van der Waals surface area contributed by atoms with E-state index >= 15 is 0 Å². The Morgan fingerprint density at radius 3 is 2.90 bits per heavy atom. The highest BCUT2D eigenvalue weighted by Crippen LogP contribution is 2.25. The van der Waals surface area contributed by atoms with Crippen LogP contribution in [0.5, 0.6) is 0 Å². The third kappa shape index (κ3) is 4.04. The first-order valence-electron chi connectivity index (χ1n) is 6.41. The SMILES string of the molecule is CC(C(=O)O)C(C)c1nc(CSc2cccc(F)c2)no1. The van der Waals surface area contributed by atoms with E-state index in [0.717, 1.165) is 4.90 Å². The summed E-state index contributed by atoms with van der Waals surface area (Å²) in [7, 11) is 0. The number of hydrogen-bond donors (Lipinski definition) is 1. The maximum absolute atomic E-state index is 13.0. The molecule has 0 aliphatic heterocycles. The molecule has 0 fully saturated rings. The second-order valence-corrected chi connectivity index (χ2v) is 5.76. The monoisotopic (exact) mass is 310 g/mol. The van der Waals surface area contributed by atoms with Crippen molar-refractivity contribution in [3.63, 3.8) is 0 Å². The fraction of sp³-hybridized carbons (Fsp3) is 0.357. The van der Waals surface area contributed by atoms with Gasteiger partial charge in [-0.15, -0.1) is 11.8 Å². The van der Waals surface area contributed by atoms with E-state index in [1.54, 1.807) is 26.0 Å². The topological polar surface area (TPSA) is 76.2 Å². The third-order valence-corrected chi connectivity index (χ3v) is 4.17. The predicted octanol–water partition coefficient (Wildman–Crippen LogP) is 3.33. The van der Waals surface area contributed by atoms with Gasteiger partial charge in [0.1, 0.15) is 5.82 Å². The first kappa shape index (κ1) is 15.5. The van der Waals surface area contributed by atoms with E-state index in [2.05, 4.69) is 10.1 Å². The maximum Gasteiger partial charge on any atom is 0.307 e. The van der Waals surface area contributed by atoms with E-state index in [1.807, 2.05) is 0 Å². The zero-order valence-corrected chi connectivity index (χ0v) is 12.4. The first-order valence-corrected chi connectivity index (χ1v) is 7.39. The number of aliphatic carboxylic acids is 1.